The van der Waals surface area contributed by atoms with Crippen molar-refractivity contribution in [3.8, 4) is 5.75 Å². The van der Waals surface area contributed by atoms with Crippen LogP contribution in [0.2, 0.25) is 0 Å². The molecule has 1 aromatic heterocycles. The zero-order chi connectivity index (χ0) is 20.5. The molecule has 0 fully saturated rings. The number of aryl methyl sites for hydroxylation is 1. The molecule has 1 unspecified atom stereocenters. The van der Waals surface area contributed by atoms with E-state index in [-0.39, 0.29) is 17.7 Å². The third-order valence-electron chi connectivity index (χ3n) is 4.42. The predicted octanol–water partition coefficient (Wildman–Crippen LogP) is 2.42. The lowest BCUT2D eigenvalue weighted by Crippen LogP contribution is -2.41. The number of ether oxygens (including phenoxy) is 2. The summed E-state index contributed by atoms with van der Waals surface area (Å²) in [5.74, 6) is 0.523. The average Bonchev–Trinajstić information content (AvgIpc) is 2.95. The van der Waals surface area contributed by atoms with E-state index in [0.717, 1.165) is 23.5 Å². The van der Waals surface area contributed by atoms with E-state index in [1.807, 2.05) is 25.5 Å². The van der Waals surface area contributed by atoms with Gasteiger partial charge in [0.05, 0.1) is 25.4 Å². The van der Waals surface area contributed by atoms with Gasteiger partial charge in [-0.25, -0.2) is 4.39 Å². The third-order valence-corrected chi connectivity index (χ3v) is 4.42. The number of hydrogen-bond donors (Lipinski definition) is 2. The van der Waals surface area contributed by atoms with Gasteiger partial charge in [0.25, 0.3) is 0 Å². The molecule has 2 aromatic rings. The summed E-state index contributed by atoms with van der Waals surface area (Å²) in [5, 5.41) is 11.1. The summed E-state index contributed by atoms with van der Waals surface area (Å²) in [6.07, 6.45) is -0.226. The maximum Gasteiger partial charge on any atom is 0.191 e. The minimum absolute atomic E-state index is 0.226. The smallest absolute Gasteiger partial charge is 0.191 e. The fourth-order valence-corrected chi connectivity index (χ4v) is 2.82. The summed E-state index contributed by atoms with van der Waals surface area (Å²) >= 11 is 0. The highest BCUT2D eigenvalue weighted by Crippen LogP contribution is 2.16. The summed E-state index contributed by atoms with van der Waals surface area (Å²) in [7, 11) is 3.39. The van der Waals surface area contributed by atoms with Crippen LogP contribution in [0.5, 0.6) is 5.75 Å². The lowest BCUT2D eigenvalue weighted by molar-refractivity contribution is 0.182. The van der Waals surface area contributed by atoms with Crippen molar-refractivity contribution in [2.75, 3.05) is 27.3 Å². The monoisotopic (exact) mass is 391 g/mol. The van der Waals surface area contributed by atoms with Gasteiger partial charge in [-0.3, -0.25) is 9.67 Å². The Morgan fingerprint density at radius 3 is 2.71 bits per heavy atom. The number of methoxy groups -OCH3 is 1. The summed E-state index contributed by atoms with van der Waals surface area (Å²) < 4.78 is 26.4. The van der Waals surface area contributed by atoms with Crippen LogP contribution in [-0.2, 0) is 17.8 Å². The first-order chi connectivity index (χ1) is 13.5. The number of halogens is 1. The van der Waals surface area contributed by atoms with Crippen LogP contribution >= 0.6 is 0 Å². The van der Waals surface area contributed by atoms with E-state index in [1.165, 1.54) is 6.07 Å². The van der Waals surface area contributed by atoms with Gasteiger partial charge in [0.2, 0.25) is 0 Å². The van der Waals surface area contributed by atoms with Crippen molar-refractivity contribution in [2.24, 2.45) is 4.99 Å². The molecule has 0 radical (unpaired) electrons. The number of guanidine groups is 1. The van der Waals surface area contributed by atoms with Crippen molar-refractivity contribution < 1.29 is 13.9 Å². The molecule has 0 aliphatic carbocycles. The van der Waals surface area contributed by atoms with Crippen molar-refractivity contribution in [2.45, 2.75) is 40.0 Å². The van der Waals surface area contributed by atoms with Crippen LogP contribution in [-0.4, -0.2) is 49.2 Å². The molecule has 0 aliphatic heterocycles. The van der Waals surface area contributed by atoms with Crippen LogP contribution in [0.4, 0.5) is 4.39 Å². The number of benzene rings is 1. The average molecular weight is 391 g/mol. The molecule has 1 heterocycles. The number of aliphatic imine (C=N–C) groups is 1. The Morgan fingerprint density at radius 1 is 1.29 bits per heavy atom. The van der Waals surface area contributed by atoms with Gasteiger partial charge in [0.15, 0.2) is 17.5 Å². The van der Waals surface area contributed by atoms with Crippen molar-refractivity contribution in [1.82, 2.24) is 20.4 Å². The van der Waals surface area contributed by atoms with Crippen LogP contribution in [0.1, 0.15) is 23.9 Å². The Morgan fingerprint density at radius 2 is 2.04 bits per heavy atom. The molecular weight excluding hydrogens is 361 g/mol. The van der Waals surface area contributed by atoms with Crippen molar-refractivity contribution in [3.05, 3.63) is 47.0 Å². The summed E-state index contributed by atoms with van der Waals surface area (Å²) in [5.41, 5.74) is 3.22. The zero-order valence-electron chi connectivity index (χ0n) is 17.3. The molecule has 0 saturated carbocycles. The second-order valence-electron chi connectivity index (χ2n) is 6.53. The summed E-state index contributed by atoms with van der Waals surface area (Å²) in [4.78, 5) is 4.23. The van der Waals surface area contributed by atoms with E-state index in [2.05, 4.69) is 20.7 Å². The molecule has 0 amide bonds. The van der Waals surface area contributed by atoms with E-state index in [0.29, 0.717) is 25.7 Å². The molecule has 0 aliphatic rings. The predicted molar refractivity (Wildman–Crippen MR) is 108 cm³/mol. The van der Waals surface area contributed by atoms with E-state index >= 15 is 0 Å². The van der Waals surface area contributed by atoms with Crippen LogP contribution in [0, 0.1) is 19.7 Å². The second-order valence-corrected chi connectivity index (χ2v) is 6.53. The van der Waals surface area contributed by atoms with Gasteiger partial charge in [-0.2, -0.15) is 5.10 Å². The van der Waals surface area contributed by atoms with E-state index in [9.17, 15) is 4.39 Å². The summed E-state index contributed by atoms with van der Waals surface area (Å²) in [6, 6.07) is 6.38. The number of nitrogens with zero attached hydrogens (tertiary/aromatic N) is 3. The van der Waals surface area contributed by atoms with Gasteiger partial charge >= 0.3 is 0 Å². The molecule has 154 valence electrons. The fourth-order valence-electron chi connectivity index (χ4n) is 2.82. The van der Waals surface area contributed by atoms with Gasteiger partial charge in [-0.15, -0.1) is 0 Å². The molecule has 7 nitrogen and oxygen atoms in total. The second kappa shape index (κ2) is 10.7. The first-order valence-electron chi connectivity index (χ1n) is 9.33. The third kappa shape index (κ3) is 5.95. The number of nitrogens with one attached hydrogen (secondary N) is 2. The van der Waals surface area contributed by atoms with Crippen LogP contribution in [0.15, 0.2) is 29.3 Å². The minimum Gasteiger partial charge on any atom is -0.486 e. The maximum atomic E-state index is 13.7. The molecule has 1 atom stereocenters. The summed E-state index contributed by atoms with van der Waals surface area (Å²) in [6.45, 7) is 8.35. The highest BCUT2D eigenvalue weighted by Gasteiger charge is 2.13. The lowest BCUT2D eigenvalue weighted by atomic mass is 10.2. The minimum atomic E-state index is -0.367. The van der Waals surface area contributed by atoms with Gasteiger partial charge in [0, 0.05) is 32.0 Å². The molecule has 8 heteroatoms. The van der Waals surface area contributed by atoms with Crippen molar-refractivity contribution >= 4 is 5.96 Å². The maximum absolute atomic E-state index is 13.7. The van der Waals surface area contributed by atoms with Crippen molar-refractivity contribution in [3.63, 3.8) is 0 Å². The Hall–Kier alpha value is -2.61. The Bertz CT molecular complexity index is 791. The highest BCUT2D eigenvalue weighted by atomic mass is 19.1. The van der Waals surface area contributed by atoms with Gasteiger partial charge < -0.3 is 20.1 Å². The van der Waals surface area contributed by atoms with Gasteiger partial charge in [0.1, 0.15) is 6.10 Å². The molecule has 2 rings (SSSR count). The first-order valence-corrected chi connectivity index (χ1v) is 9.33. The van der Waals surface area contributed by atoms with E-state index in [4.69, 9.17) is 9.47 Å². The Balaban J connectivity index is 1.86. The first kappa shape index (κ1) is 21.7. The zero-order valence-corrected chi connectivity index (χ0v) is 17.3. The Kier molecular flexibility index (Phi) is 8.25. The molecule has 0 saturated heterocycles. The largest absolute Gasteiger partial charge is 0.486 e. The van der Waals surface area contributed by atoms with Crippen LogP contribution in [0.25, 0.3) is 0 Å². The van der Waals surface area contributed by atoms with Crippen LogP contribution < -0.4 is 15.4 Å². The van der Waals surface area contributed by atoms with E-state index in [1.54, 1.807) is 32.4 Å². The molecule has 0 spiro atoms. The van der Waals surface area contributed by atoms with E-state index < -0.39 is 0 Å². The normalized spacial score (nSPS) is 12.7. The molecule has 2 N–H and O–H groups in total. The lowest BCUT2D eigenvalue weighted by Gasteiger charge is -2.18. The SMILES string of the molecule is CN=C(NCc1c(C)nn(CCOC)c1C)NCC(C)Oc1ccccc1F. The number of hydrogen-bond acceptors (Lipinski definition) is 4. The quantitative estimate of drug-likeness (QED) is 0.507. The molecule has 0 bridgehead atoms. The molecule has 28 heavy (non-hydrogen) atoms. The Labute approximate surface area is 165 Å². The molecular formula is C20H30FN5O2. The number of rotatable bonds is 9. The number of aromatic nitrogens is 2. The van der Waals surface area contributed by atoms with Crippen molar-refractivity contribution in [1.29, 1.82) is 0 Å². The van der Waals surface area contributed by atoms with Crippen LogP contribution in [0.3, 0.4) is 0 Å². The molecule has 1 aromatic carbocycles. The standard InChI is InChI=1S/C20H30FN5O2/c1-14(28-19-9-7-6-8-18(19)21)12-23-20(22-4)24-13-17-15(2)25-26(16(17)3)10-11-27-5/h6-9,14H,10-13H2,1-5H3,(H2,22,23,24). The topological polar surface area (TPSA) is 72.7 Å². The highest BCUT2D eigenvalue weighted by molar-refractivity contribution is 5.79. The number of para-hydroxylation sites is 1. The van der Waals surface area contributed by atoms with Gasteiger partial charge in [-0.1, -0.05) is 12.1 Å². The van der Waals surface area contributed by atoms with Gasteiger partial charge in [-0.05, 0) is 32.9 Å². The fraction of sp³-hybridized carbons (Fsp3) is 0.500.